The van der Waals surface area contributed by atoms with E-state index in [9.17, 15) is 0 Å². The van der Waals surface area contributed by atoms with E-state index >= 15 is 0 Å². The maximum Gasteiger partial charge on any atom is 0.323 e. The molecule has 0 aliphatic carbocycles. The van der Waals surface area contributed by atoms with Crippen molar-refractivity contribution < 1.29 is 4.99 Å². The van der Waals surface area contributed by atoms with Gasteiger partial charge in [0.15, 0.2) is 0 Å². The van der Waals surface area contributed by atoms with E-state index in [0.29, 0.717) is 17.9 Å². The molecule has 0 fully saturated rings. The van der Waals surface area contributed by atoms with Crippen molar-refractivity contribution in [3.63, 3.8) is 0 Å². The van der Waals surface area contributed by atoms with Crippen LogP contribution in [-0.4, -0.2) is 25.9 Å². The van der Waals surface area contributed by atoms with Crippen molar-refractivity contribution in [3.8, 4) is 0 Å². The smallest absolute Gasteiger partial charge is 0.322 e. The Kier molecular flexibility index (Phi) is 2.75. The Hall–Kier alpha value is -3.35. The number of nitrogens with two attached hydrogens (primary N) is 1. The van der Waals surface area contributed by atoms with Crippen LogP contribution >= 0.6 is 0 Å². The van der Waals surface area contributed by atoms with Gasteiger partial charge in [-0.2, -0.15) is 0 Å². The zero-order valence-electron chi connectivity index (χ0n) is 11.6. The molecule has 4 aromatic rings. The SMILES string of the molecule is N/C(Nc1nc2ccccc2[nH]1)=[NH+]\c1nc2ccccc2[nH]1. The Morgan fingerprint density at radius 1 is 0.909 bits per heavy atom. The van der Waals surface area contributed by atoms with Gasteiger partial charge in [0, 0.05) is 0 Å². The zero-order chi connectivity index (χ0) is 14.9. The average Bonchev–Trinajstić information content (AvgIpc) is 3.08. The van der Waals surface area contributed by atoms with Crippen LogP contribution in [0.3, 0.4) is 0 Å². The van der Waals surface area contributed by atoms with Crippen LogP contribution in [-0.2, 0) is 0 Å². The normalized spacial score (nSPS) is 12.1. The minimum Gasteiger partial charge on any atom is -0.322 e. The lowest BCUT2D eigenvalue weighted by molar-refractivity contribution is -0.364. The number of nitrogens with one attached hydrogen (secondary N) is 4. The lowest BCUT2D eigenvalue weighted by atomic mass is 10.3. The van der Waals surface area contributed by atoms with Gasteiger partial charge in [-0.25, -0.2) is 15.3 Å². The second kappa shape index (κ2) is 4.88. The van der Waals surface area contributed by atoms with Crippen LogP contribution in [0.5, 0.6) is 0 Å². The molecule has 2 aromatic heterocycles. The molecule has 4 rings (SSSR count). The van der Waals surface area contributed by atoms with Crippen LogP contribution in [0, 0.1) is 0 Å². The number of nitrogens with zero attached hydrogens (tertiary/aromatic N) is 2. The van der Waals surface area contributed by atoms with Crippen LogP contribution < -0.4 is 16.0 Å². The minimum absolute atomic E-state index is 0.332. The molecule has 2 aromatic carbocycles. The standard InChI is InChI=1S/C15H13N7/c16-13(21-14-17-9-5-1-2-6-10(9)18-14)22-15-19-11-7-3-4-8-12(11)20-15/h1-8H,(H5,16,17,18,19,20,21,22)/p+1. The average molecular weight is 292 g/mol. The molecule has 2 heterocycles. The van der Waals surface area contributed by atoms with Crippen LogP contribution in [0.15, 0.2) is 48.5 Å². The van der Waals surface area contributed by atoms with Crippen LogP contribution in [0.25, 0.3) is 22.1 Å². The highest BCUT2D eigenvalue weighted by atomic mass is 15.2. The van der Waals surface area contributed by atoms with Gasteiger partial charge in [0.2, 0.25) is 5.95 Å². The van der Waals surface area contributed by atoms with Gasteiger partial charge in [0.25, 0.3) is 5.96 Å². The van der Waals surface area contributed by atoms with Gasteiger partial charge in [-0.05, 0) is 24.3 Å². The third-order valence-electron chi connectivity index (χ3n) is 3.28. The minimum atomic E-state index is 0.332. The first-order valence-corrected chi connectivity index (χ1v) is 6.84. The zero-order valence-corrected chi connectivity index (χ0v) is 11.6. The molecule has 0 atom stereocenters. The summed E-state index contributed by atoms with van der Waals surface area (Å²) in [4.78, 5) is 18.1. The van der Waals surface area contributed by atoms with E-state index in [4.69, 9.17) is 5.73 Å². The number of fused-ring (bicyclic) bond motifs is 2. The van der Waals surface area contributed by atoms with Crippen molar-refractivity contribution in [2.75, 3.05) is 5.32 Å². The maximum absolute atomic E-state index is 5.96. The summed E-state index contributed by atoms with van der Waals surface area (Å²) in [5.74, 6) is 1.47. The molecule has 22 heavy (non-hydrogen) atoms. The van der Waals surface area contributed by atoms with Gasteiger partial charge in [-0.15, -0.1) is 4.98 Å². The molecule has 0 unspecified atom stereocenters. The first-order chi connectivity index (χ1) is 10.8. The van der Waals surface area contributed by atoms with Crippen LogP contribution in [0.2, 0.25) is 0 Å². The van der Waals surface area contributed by atoms with Crippen LogP contribution in [0.4, 0.5) is 11.9 Å². The number of H-pyrrole nitrogens is 2. The maximum atomic E-state index is 5.96. The van der Waals surface area contributed by atoms with Crippen molar-refractivity contribution >= 4 is 39.9 Å². The molecule has 0 spiro atoms. The second-order valence-electron chi connectivity index (χ2n) is 4.87. The number of aromatic nitrogens is 4. The largest absolute Gasteiger partial charge is 0.323 e. The van der Waals surface area contributed by atoms with Gasteiger partial charge in [-0.1, -0.05) is 24.3 Å². The van der Waals surface area contributed by atoms with Crippen molar-refractivity contribution in [1.29, 1.82) is 0 Å². The van der Waals surface area contributed by atoms with E-state index < -0.39 is 0 Å². The molecule has 0 saturated carbocycles. The van der Waals surface area contributed by atoms with Crippen molar-refractivity contribution in [3.05, 3.63) is 48.5 Å². The van der Waals surface area contributed by atoms with E-state index in [0.717, 1.165) is 22.1 Å². The quantitative estimate of drug-likeness (QED) is 0.275. The predicted molar refractivity (Wildman–Crippen MR) is 85.6 cm³/mol. The molecule has 7 nitrogen and oxygen atoms in total. The fourth-order valence-corrected chi connectivity index (χ4v) is 2.31. The Labute approximate surface area is 125 Å². The molecule has 0 amide bonds. The van der Waals surface area contributed by atoms with Gasteiger partial charge in [-0.3, -0.25) is 4.98 Å². The summed E-state index contributed by atoms with van der Waals surface area (Å²) in [5, 5.41) is 2.98. The number of aromatic amines is 2. The Bertz CT molecular complexity index is 914. The monoisotopic (exact) mass is 292 g/mol. The number of guanidine groups is 1. The summed E-state index contributed by atoms with van der Waals surface area (Å²) in [6.45, 7) is 0. The molecule has 7 heteroatoms. The number of rotatable bonds is 2. The summed E-state index contributed by atoms with van der Waals surface area (Å²) in [6.07, 6.45) is 0. The Morgan fingerprint density at radius 2 is 1.55 bits per heavy atom. The number of imidazole rings is 2. The fraction of sp³-hybridized carbons (Fsp3) is 0. The summed E-state index contributed by atoms with van der Waals surface area (Å²) < 4.78 is 0. The summed E-state index contributed by atoms with van der Waals surface area (Å²) in [6, 6.07) is 15.5. The lowest BCUT2D eigenvalue weighted by Crippen LogP contribution is -2.72. The summed E-state index contributed by atoms with van der Waals surface area (Å²) in [7, 11) is 0. The lowest BCUT2D eigenvalue weighted by Gasteiger charge is -1.95. The van der Waals surface area contributed by atoms with Crippen LogP contribution in [0.1, 0.15) is 0 Å². The molecule has 0 bridgehead atoms. The van der Waals surface area contributed by atoms with E-state index in [1.807, 2.05) is 48.5 Å². The Balaban J connectivity index is 1.61. The number of para-hydroxylation sites is 4. The molecule has 108 valence electrons. The second-order valence-corrected chi connectivity index (χ2v) is 4.87. The number of anilines is 1. The molecule has 0 saturated heterocycles. The molecule has 0 aliphatic rings. The predicted octanol–water partition coefficient (Wildman–Crippen LogP) is 0.578. The third-order valence-corrected chi connectivity index (χ3v) is 3.28. The van der Waals surface area contributed by atoms with E-state index in [1.54, 1.807) is 0 Å². The molecule has 6 N–H and O–H groups in total. The van der Waals surface area contributed by atoms with E-state index in [-0.39, 0.29) is 0 Å². The first kappa shape index (κ1) is 12.4. The number of hydrogen-bond donors (Lipinski definition) is 5. The topological polar surface area (TPSA) is 109 Å². The van der Waals surface area contributed by atoms with Gasteiger partial charge in [0.05, 0.1) is 11.0 Å². The number of benzene rings is 2. The Morgan fingerprint density at radius 3 is 2.23 bits per heavy atom. The van der Waals surface area contributed by atoms with E-state index in [2.05, 4.69) is 30.2 Å². The van der Waals surface area contributed by atoms with Crippen molar-refractivity contribution in [1.82, 2.24) is 19.9 Å². The molecule has 0 radical (unpaired) electrons. The van der Waals surface area contributed by atoms with E-state index in [1.165, 1.54) is 0 Å². The van der Waals surface area contributed by atoms with Gasteiger partial charge in [0.1, 0.15) is 11.0 Å². The highest BCUT2D eigenvalue weighted by molar-refractivity contribution is 5.89. The molecule has 0 aliphatic heterocycles. The number of hydrogen-bond acceptors (Lipinski definition) is 2. The van der Waals surface area contributed by atoms with Crippen molar-refractivity contribution in [2.24, 2.45) is 5.73 Å². The summed E-state index contributed by atoms with van der Waals surface area (Å²) in [5.41, 5.74) is 9.60. The summed E-state index contributed by atoms with van der Waals surface area (Å²) >= 11 is 0. The highest BCUT2D eigenvalue weighted by Gasteiger charge is 2.08. The first-order valence-electron chi connectivity index (χ1n) is 6.84. The molecular weight excluding hydrogens is 278 g/mol. The van der Waals surface area contributed by atoms with Gasteiger partial charge >= 0.3 is 5.95 Å². The molecular formula is C15H14N7+. The highest BCUT2D eigenvalue weighted by Crippen LogP contribution is 2.12. The van der Waals surface area contributed by atoms with Gasteiger partial charge < -0.3 is 10.7 Å². The van der Waals surface area contributed by atoms with Crippen molar-refractivity contribution in [2.45, 2.75) is 0 Å². The third kappa shape index (κ3) is 2.24. The fourth-order valence-electron chi connectivity index (χ4n) is 2.31.